The van der Waals surface area contributed by atoms with E-state index in [0.717, 1.165) is 4.47 Å². The highest BCUT2D eigenvalue weighted by molar-refractivity contribution is 9.10. The van der Waals surface area contributed by atoms with Gasteiger partial charge >= 0.3 is 0 Å². The number of nitrogens with zero attached hydrogens (tertiary/aromatic N) is 1. The summed E-state index contributed by atoms with van der Waals surface area (Å²) in [5.74, 6) is 0.0332. The second-order valence-corrected chi connectivity index (χ2v) is 5.61. The number of carbonyl (C=O) groups is 1. The van der Waals surface area contributed by atoms with Gasteiger partial charge in [-0.3, -0.25) is 4.79 Å². The molecule has 0 saturated carbocycles. The summed E-state index contributed by atoms with van der Waals surface area (Å²) in [5, 5.41) is 2.02. The first-order valence-electron chi connectivity index (χ1n) is 5.21. The maximum atomic E-state index is 12.2. The highest BCUT2D eigenvalue weighted by atomic mass is 79.9. The number of benzene rings is 1. The third-order valence-corrected chi connectivity index (χ3v) is 3.98. The van der Waals surface area contributed by atoms with Crippen molar-refractivity contribution in [3.63, 3.8) is 0 Å². The van der Waals surface area contributed by atoms with Crippen LogP contribution in [0.3, 0.4) is 0 Å². The molecule has 0 fully saturated rings. The Morgan fingerprint density at radius 2 is 2.06 bits per heavy atom. The van der Waals surface area contributed by atoms with Gasteiger partial charge in [0.15, 0.2) is 0 Å². The van der Waals surface area contributed by atoms with Gasteiger partial charge in [0.05, 0.1) is 12.1 Å². The van der Waals surface area contributed by atoms with Crippen molar-refractivity contribution in [3.05, 3.63) is 56.7 Å². The molecule has 2 nitrogen and oxygen atoms in total. The van der Waals surface area contributed by atoms with E-state index in [1.54, 1.807) is 16.2 Å². The highest BCUT2D eigenvalue weighted by Gasteiger charge is 2.14. The molecule has 1 heterocycles. The van der Waals surface area contributed by atoms with Crippen LogP contribution in [0.2, 0.25) is 0 Å². The third kappa shape index (κ3) is 2.96. The fourth-order valence-corrected chi connectivity index (χ4v) is 2.76. The number of rotatable bonds is 3. The van der Waals surface area contributed by atoms with E-state index in [-0.39, 0.29) is 5.91 Å². The summed E-state index contributed by atoms with van der Waals surface area (Å²) < 4.78 is 0.836. The monoisotopic (exact) mass is 309 g/mol. The fourth-order valence-electron chi connectivity index (χ4n) is 1.55. The van der Waals surface area contributed by atoms with E-state index in [1.165, 1.54) is 4.88 Å². The van der Waals surface area contributed by atoms with Crippen molar-refractivity contribution in [2.45, 2.75) is 6.54 Å². The van der Waals surface area contributed by atoms with Crippen LogP contribution in [-0.4, -0.2) is 17.9 Å². The molecule has 0 aliphatic carbocycles. The second-order valence-electron chi connectivity index (χ2n) is 3.72. The minimum atomic E-state index is 0.0332. The Morgan fingerprint density at radius 3 is 2.71 bits per heavy atom. The summed E-state index contributed by atoms with van der Waals surface area (Å²) in [7, 11) is 1.82. The molecule has 0 aliphatic rings. The summed E-state index contributed by atoms with van der Waals surface area (Å²) in [6, 6.07) is 11.5. The van der Waals surface area contributed by atoms with Crippen LogP contribution < -0.4 is 0 Å². The van der Waals surface area contributed by atoms with Crippen molar-refractivity contribution in [3.8, 4) is 0 Å². The van der Waals surface area contributed by atoms with E-state index in [9.17, 15) is 4.79 Å². The molecule has 2 rings (SSSR count). The van der Waals surface area contributed by atoms with E-state index in [4.69, 9.17) is 0 Å². The molecule has 4 heteroatoms. The van der Waals surface area contributed by atoms with Gasteiger partial charge in [0.1, 0.15) is 0 Å². The van der Waals surface area contributed by atoms with Crippen LogP contribution in [0.25, 0.3) is 0 Å². The third-order valence-electron chi connectivity index (χ3n) is 2.42. The van der Waals surface area contributed by atoms with Crippen LogP contribution in [0.4, 0.5) is 0 Å². The van der Waals surface area contributed by atoms with Crippen LogP contribution in [-0.2, 0) is 6.54 Å². The molecule has 1 aromatic carbocycles. The molecule has 0 bridgehead atoms. The van der Waals surface area contributed by atoms with Gasteiger partial charge in [-0.1, -0.05) is 18.2 Å². The Balaban J connectivity index is 2.13. The number of hydrogen-bond donors (Lipinski definition) is 0. The number of thiophene rings is 1. The molecule has 1 amide bonds. The Bertz CT molecular complexity index is 510. The van der Waals surface area contributed by atoms with E-state index < -0.39 is 0 Å². The van der Waals surface area contributed by atoms with E-state index in [2.05, 4.69) is 15.9 Å². The van der Waals surface area contributed by atoms with Crippen molar-refractivity contribution in [1.29, 1.82) is 0 Å². The first-order chi connectivity index (χ1) is 8.18. The average Bonchev–Trinajstić information content (AvgIpc) is 2.81. The van der Waals surface area contributed by atoms with Crippen molar-refractivity contribution in [2.75, 3.05) is 7.05 Å². The smallest absolute Gasteiger partial charge is 0.255 e. The van der Waals surface area contributed by atoms with Crippen molar-refractivity contribution >= 4 is 33.2 Å². The lowest BCUT2D eigenvalue weighted by atomic mass is 10.2. The van der Waals surface area contributed by atoms with Gasteiger partial charge in [0.2, 0.25) is 0 Å². The molecular formula is C13H12BrNOS. The van der Waals surface area contributed by atoms with Crippen LogP contribution >= 0.6 is 27.3 Å². The lowest BCUT2D eigenvalue weighted by Gasteiger charge is -2.17. The van der Waals surface area contributed by atoms with Gasteiger partial charge < -0.3 is 4.90 Å². The van der Waals surface area contributed by atoms with Crippen LogP contribution in [0, 0.1) is 0 Å². The van der Waals surface area contributed by atoms with E-state index in [0.29, 0.717) is 12.1 Å². The lowest BCUT2D eigenvalue weighted by molar-refractivity contribution is 0.0785. The molecule has 0 radical (unpaired) electrons. The molecule has 1 aromatic heterocycles. The topological polar surface area (TPSA) is 20.3 Å². The molecule has 0 unspecified atom stereocenters. The molecule has 0 N–H and O–H groups in total. The van der Waals surface area contributed by atoms with Gasteiger partial charge in [-0.05, 0) is 39.5 Å². The standard InChI is InChI=1S/C13H12BrNOS/c1-15(9-10-5-4-8-17-10)13(16)11-6-2-3-7-12(11)14/h2-8H,9H2,1H3. The Hall–Kier alpha value is -1.13. The maximum Gasteiger partial charge on any atom is 0.255 e. The SMILES string of the molecule is CN(Cc1cccs1)C(=O)c1ccccc1Br. The molecule has 17 heavy (non-hydrogen) atoms. The quantitative estimate of drug-likeness (QED) is 0.845. The van der Waals surface area contributed by atoms with Gasteiger partial charge in [-0.25, -0.2) is 0 Å². The Morgan fingerprint density at radius 1 is 1.29 bits per heavy atom. The maximum absolute atomic E-state index is 12.2. The summed E-state index contributed by atoms with van der Waals surface area (Å²) in [6.07, 6.45) is 0. The van der Waals surface area contributed by atoms with Crippen LogP contribution in [0.15, 0.2) is 46.3 Å². The molecule has 0 saturated heterocycles. The first-order valence-corrected chi connectivity index (χ1v) is 6.88. The van der Waals surface area contributed by atoms with Gasteiger partial charge in [-0.15, -0.1) is 11.3 Å². The van der Waals surface area contributed by atoms with E-state index >= 15 is 0 Å². The molecule has 0 spiro atoms. The number of amides is 1. The van der Waals surface area contributed by atoms with Gasteiger partial charge in [-0.2, -0.15) is 0 Å². The molecule has 0 atom stereocenters. The lowest BCUT2D eigenvalue weighted by Crippen LogP contribution is -2.26. The average molecular weight is 310 g/mol. The summed E-state index contributed by atoms with van der Waals surface area (Å²) >= 11 is 5.06. The Kier molecular flexibility index (Phi) is 3.97. The van der Waals surface area contributed by atoms with Gasteiger partial charge in [0.25, 0.3) is 5.91 Å². The van der Waals surface area contributed by atoms with Crippen molar-refractivity contribution < 1.29 is 4.79 Å². The molecule has 0 aliphatic heterocycles. The van der Waals surface area contributed by atoms with Crippen molar-refractivity contribution in [1.82, 2.24) is 4.90 Å². The van der Waals surface area contributed by atoms with E-state index in [1.807, 2.05) is 48.8 Å². The summed E-state index contributed by atoms with van der Waals surface area (Å²) in [5.41, 5.74) is 0.701. The largest absolute Gasteiger partial charge is 0.337 e. The minimum absolute atomic E-state index is 0.0332. The van der Waals surface area contributed by atoms with Gasteiger partial charge in [0, 0.05) is 16.4 Å². The molecular weight excluding hydrogens is 298 g/mol. The van der Waals surface area contributed by atoms with Crippen LogP contribution in [0.1, 0.15) is 15.2 Å². The highest BCUT2D eigenvalue weighted by Crippen LogP contribution is 2.19. The zero-order chi connectivity index (χ0) is 12.3. The normalized spacial score (nSPS) is 10.2. The van der Waals surface area contributed by atoms with Crippen LogP contribution in [0.5, 0.6) is 0 Å². The number of halogens is 1. The number of carbonyl (C=O) groups excluding carboxylic acids is 1. The zero-order valence-corrected chi connectivity index (χ0v) is 11.8. The first kappa shape index (κ1) is 12.3. The minimum Gasteiger partial charge on any atom is -0.337 e. The molecule has 2 aromatic rings. The predicted molar refractivity (Wildman–Crippen MR) is 74.3 cm³/mol. The Labute approximate surface area is 113 Å². The van der Waals surface area contributed by atoms with Crippen molar-refractivity contribution in [2.24, 2.45) is 0 Å². The molecule has 88 valence electrons. The summed E-state index contributed by atoms with van der Waals surface area (Å²) in [6.45, 7) is 0.651. The summed E-state index contributed by atoms with van der Waals surface area (Å²) in [4.78, 5) is 15.1. The predicted octanol–water partition coefficient (Wildman–Crippen LogP) is 3.78. The number of hydrogen-bond acceptors (Lipinski definition) is 2. The fraction of sp³-hybridized carbons (Fsp3) is 0.154. The second kappa shape index (κ2) is 5.47. The zero-order valence-electron chi connectivity index (χ0n) is 9.39.